The van der Waals surface area contributed by atoms with E-state index in [2.05, 4.69) is 4.72 Å². The first-order valence-corrected chi connectivity index (χ1v) is 9.28. The summed E-state index contributed by atoms with van der Waals surface area (Å²) in [6.07, 6.45) is 5.93. The second-order valence-electron chi connectivity index (χ2n) is 5.36. The van der Waals surface area contributed by atoms with Gasteiger partial charge in [0.15, 0.2) is 0 Å². The summed E-state index contributed by atoms with van der Waals surface area (Å²) in [6.45, 7) is 0.545. The van der Waals surface area contributed by atoms with Crippen LogP contribution >= 0.6 is 23.2 Å². The molecule has 0 amide bonds. The van der Waals surface area contributed by atoms with Crippen LogP contribution in [0, 0.1) is 5.92 Å². The molecule has 0 radical (unpaired) electrons. The third-order valence-corrected chi connectivity index (χ3v) is 5.72. The zero-order valence-corrected chi connectivity index (χ0v) is 13.6. The molecule has 0 saturated heterocycles. The molecular weight excluding hydrogens is 317 g/mol. The predicted molar refractivity (Wildman–Crippen MR) is 83.7 cm³/mol. The van der Waals surface area contributed by atoms with Crippen molar-refractivity contribution < 1.29 is 8.42 Å². The van der Waals surface area contributed by atoms with Crippen molar-refractivity contribution in [2.75, 3.05) is 6.54 Å². The number of benzene rings is 1. The Morgan fingerprint density at radius 2 is 1.80 bits per heavy atom. The van der Waals surface area contributed by atoms with E-state index in [0.29, 0.717) is 28.1 Å². The highest BCUT2D eigenvalue weighted by molar-refractivity contribution is 7.88. The number of sulfonamides is 1. The monoisotopic (exact) mass is 335 g/mol. The summed E-state index contributed by atoms with van der Waals surface area (Å²) in [5.74, 6) is 0.420. The van der Waals surface area contributed by atoms with E-state index in [0.717, 1.165) is 12.8 Å². The topological polar surface area (TPSA) is 46.2 Å². The highest BCUT2D eigenvalue weighted by atomic mass is 35.5. The van der Waals surface area contributed by atoms with Gasteiger partial charge in [0.2, 0.25) is 10.0 Å². The molecule has 0 aliphatic heterocycles. The van der Waals surface area contributed by atoms with Crippen LogP contribution in [0.5, 0.6) is 0 Å². The van der Waals surface area contributed by atoms with Crippen molar-refractivity contribution in [3.8, 4) is 0 Å². The van der Waals surface area contributed by atoms with Gasteiger partial charge in [-0.25, -0.2) is 13.1 Å². The average molecular weight is 336 g/mol. The smallest absolute Gasteiger partial charge is 0.215 e. The van der Waals surface area contributed by atoms with Gasteiger partial charge < -0.3 is 0 Å². The van der Waals surface area contributed by atoms with E-state index in [9.17, 15) is 8.42 Å². The molecular formula is C14H19Cl2NO2S. The molecule has 1 fully saturated rings. The number of hydrogen-bond acceptors (Lipinski definition) is 2. The highest BCUT2D eigenvalue weighted by Gasteiger charge is 2.17. The summed E-state index contributed by atoms with van der Waals surface area (Å²) >= 11 is 11.7. The van der Waals surface area contributed by atoms with Crippen molar-refractivity contribution in [3.05, 3.63) is 33.8 Å². The van der Waals surface area contributed by atoms with Crippen LogP contribution < -0.4 is 4.72 Å². The number of nitrogens with one attached hydrogen (secondary N) is 1. The molecule has 112 valence electrons. The Hall–Kier alpha value is -0.290. The van der Waals surface area contributed by atoms with E-state index in [-0.39, 0.29) is 5.75 Å². The van der Waals surface area contributed by atoms with Crippen LogP contribution in [0.1, 0.15) is 37.7 Å². The van der Waals surface area contributed by atoms with Gasteiger partial charge in [-0.15, -0.1) is 0 Å². The number of hydrogen-bond donors (Lipinski definition) is 1. The fraction of sp³-hybridized carbons (Fsp3) is 0.571. The van der Waals surface area contributed by atoms with Crippen molar-refractivity contribution in [1.29, 1.82) is 0 Å². The Balaban J connectivity index is 1.91. The van der Waals surface area contributed by atoms with E-state index in [1.807, 2.05) is 0 Å². The fourth-order valence-corrected chi connectivity index (χ4v) is 4.07. The van der Waals surface area contributed by atoms with Crippen molar-refractivity contribution in [2.24, 2.45) is 5.92 Å². The van der Waals surface area contributed by atoms with Gasteiger partial charge in [-0.3, -0.25) is 0 Å². The van der Waals surface area contributed by atoms with Gasteiger partial charge in [-0.1, -0.05) is 48.5 Å². The Morgan fingerprint density at radius 3 is 2.45 bits per heavy atom. The quantitative estimate of drug-likeness (QED) is 0.884. The van der Waals surface area contributed by atoms with Gasteiger partial charge >= 0.3 is 0 Å². The maximum atomic E-state index is 12.1. The van der Waals surface area contributed by atoms with Crippen LogP contribution in [0.15, 0.2) is 18.2 Å². The number of halogens is 2. The first-order valence-electron chi connectivity index (χ1n) is 6.87. The minimum atomic E-state index is -3.32. The summed E-state index contributed by atoms with van der Waals surface area (Å²) in [6, 6.07) is 4.91. The summed E-state index contributed by atoms with van der Waals surface area (Å²) in [4.78, 5) is 0. The maximum Gasteiger partial charge on any atom is 0.215 e. The highest BCUT2D eigenvalue weighted by Crippen LogP contribution is 2.24. The molecule has 20 heavy (non-hydrogen) atoms. The van der Waals surface area contributed by atoms with Crippen molar-refractivity contribution in [2.45, 2.75) is 37.9 Å². The van der Waals surface area contributed by atoms with E-state index in [1.165, 1.54) is 19.3 Å². The predicted octanol–water partition coefficient (Wildman–Crippen LogP) is 3.99. The van der Waals surface area contributed by atoms with Crippen molar-refractivity contribution in [1.82, 2.24) is 4.72 Å². The SMILES string of the molecule is O=S(=O)(Cc1ccc(Cl)c(Cl)c1)NCC1CCCCC1. The van der Waals surface area contributed by atoms with E-state index in [1.54, 1.807) is 18.2 Å². The minimum Gasteiger partial charge on any atom is -0.215 e. The maximum absolute atomic E-state index is 12.1. The van der Waals surface area contributed by atoms with Crippen LogP contribution in [0.25, 0.3) is 0 Å². The van der Waals surface area contributed by atoms with Crippen LogP contribution in [0.3, 0.4) is 0 Å². The van der Waals surface area contributed by atoms with Crippen molar-refractivity contribution in [3.63, 3.8) is 0 Å². The van der Waals surface area contributed by atoms with E-state index < -0.39 is 10.0 Å². The van der Waals surface area contributed by atoms with E-state index >= 15 is 0 Å². The largest absolute Gasteiger partial charge is 0.215 e. The average Bonchev–Trinajstić information content (AvgIpc) is 2.42. The summed E-state index contributed by atoms with van der Waals surface area (Å²) < 4.78 is 26.8. The fourth-order valence-electron chi connectivity index (χ4n) is 2.54. The molecule has 1 aromatic rings. The summed E-state index contributed by atoms with van der Waals surface area (Å²) in [5, 5.41) is 0.814. The molecule has 0 atom stereocenters. The van der Waals surface area contributed by atoms with E-state index in [4.69, 9.17) is 23.2 Å². The lowest BCUT2D eigenvalue weighted by Crippen LogP contribution is -2.31. The number of rotatable bonds is 5. The van der Waals surface area contributed by atoms with Crippen LogP contribution in [-0.2, 0) is 15.8 Å². The zero-order valence-electron chi connectivity index (χ0n) is 11.2. The summed E-state index contributed by atoms with van der Waals surface area (Å²) in [7, 11) is -3.32. The molecule has 1 aliphatic carbocycles. The van der Waals surface area contributed by atoms with Gasteiger partial charge in [-0.05, 0) is 36.5 Å². The molecule has 1 N–H and O–H groups in total. The molecule has 1 saturated carbocycles. The van der Waals surface area contributed by atoms with Gasteiger partial charge in [0.25, 0.3) is 0 Å². The zero-order chi connectivity index (χ0) is 14.6. The Kier molecular flexibility index (Phi) is 5.73. The van der Waals surface area contributed by atoms with Crippen molar-refractivity contribution >= 4 is 33.2 Å². The normalized spacial score (nSPS) is 17.3. The summed E-state index contributed by atoms with van der Waals surface area (Å²) in [5.41, 5.74) is 0.649. The molecule has 0 aromatic heterocycles. The van der Waals surface area contributed by atoms with Crippen LogP contribution in [0.2, 0.25) is 10.0 Å². The first kappa shape index (κ1) is 16.1. The molecule has 6 heteroatoms. The molecule has 1 aromatic carbocycles. The minimum absolute atomic E-state index is 0.0589. The van der Waals surface area contributed by atoms with Gasteiger partial charge in [0.05, 0.1) is 15.8 Å². The standard InChI is InChI=1S/C14H19Cl2NO2S/c15-13-7-6-12(8-14(13)16)10-20(18,19)17-9-11-4-2-1-3-5-11/h6-8,11,17H,1-5,9-10H2. The van der Waals surface area contributed by atoms with Crippen LogP contribution in [-0.4, -0.2) is 15.0 Å². The molecule has 0 unspecified atom stereocenters. The molecule has 0 spiro atoms. The Bertz CT molecular complexity index is 554. The van der Waals surface area contributed by atoms with Gasteiger partial charge in [0, 0.05) is 6.54 Å². The molecule has 0 bridgehead atoms. The first-order chi connectivity index (χ1) is 9.46. The van der Waals surface area contributed by atoms with Gasteiger partial charge in [0.1, 0.15) is 0 Å². The lowest BCUT2D eigenvalue weighted by atomic mass is 9.90. The third kappa shape index (κ3) is 4.92. The Morgan fingerprint density at radius 1 is 1.10 bits per heavy atom. The second-order valence-corrected chi connectivity index (χ2v) is 7.98. The lowest BCUT2D eigenvalue weighted by molar-refractivity contribution is 0.357. The van der Waals surface area contributed by atoms with Crippen LogP contribution in [0.4, 0.5) is 0 Å². The van der Waals surface area contributed by atoms with Gasteiger partial charge in [-0.2, -0.15) is 0 Å². The molecule has 0 heterocycles. The lowest BCUT2D eigenvalue weighted by Gasteiger charge is -2.21. The third-order valence-electron chi connectivity index (χ3n) is 3.66. The molecule has 3 nitrogen and oxygen atoms in total. The molecule has 1 aliphatic rings. The second kappa shape index (κ2) is 7.12. The Labute approximate surface area is 130 Å². The molecule has 2 rings (SSSR count).